The van der Waals surface area contributed by atoms with Crippen molar-refractivity contribution in [2.24, 2.45) is 0 Å². The minimum absolute atomic E-state index is 0.176. The summed E-state index contributed by atoms with van der Waals surface area (Å²) in [4.78, 5) is 8.18. The smallest absolute Gasteiger partial charge is 0.0622 e. The summed E-state index contributed by atoms with van der Waals surface area (Å²) in [7, 11) is 1.93. The van der Waals surface area contributed by atoms with Gasteiger partial charge in [0, 0.05) is 35.3 Å². The van der Waals surface area contributed by atoms with Crippen LogP contribution in [0.5, 0.6) is 0 Å². The van der Waals surface area contributed by atoms with Gasteiger partial charge in [0.05, 0.1) is 5.02 Å². The highest BCUT2D eigenvalue weighted by molar-refractivity contribution is 9.10. The van der Waals surface area contributed by atoms with E-state index in [0.717, 1.165) is 22.0 Å². The molecule has 3 nitrogen and oxygen atoms in total. The molecular formula is C13H13BrClN3. The summed E-state index contributed by atoms with van der Waals surface area (Å²) in [5, 5.41) is 3.98. The topological polar surface area (TPSA) is 37.8 Å². The van der Waals surface area contributed by atoms with E-state index >= 15 is 0 Å². The number of nitrogens with one attached hydrogen (secondary N) is 1. The van der Waals surface area contributed by atoms with Crippen molar-refractivity contribution in [3.05, 3.63) is 57.5 Å². The highest BCUT2D eigenvalue weighted by Crippen LogP contribution is 2.23. The summed E-state index contributed by atoms with van der Waals surface area (Å²) in [6.45, 7) is 0. The van der Waals surface area contributed by atoms with Crippen LogP contribution in [0.2, 0.25) is 5.02 Å². The van der Waals surface area contributed by atoms with Gasteiger partial charge in [0.1, 0.15) is 0 Å². The Bertz CT molecular complexity index is 533. The van der Waals surface area contributed by atoms with Gasteiger partial charge in [0.15, 0.2) is 0 Å². The first-order valence-electron chi connectivity index (χ1n) is 5.57. The second-order valence-corrected chi connectivity index (χ2v) is 5.27. The van der Waals surface area contributed by atoms with Gasteiger partial charge in [0.25, 0.3) is 0 Å². The molecule has 0 radical (unpaired) electrons. The molecule has 5 heteroatoms. The molecule has 0 saturated carbocycles. The van der Waals surface area contributed by atoms with Gasteiger partial charge < -0.3 is 5.32 Å². The van der Waals surface area contributed by atoms with Crippen molar-refractivity contribution < 1.29 is 0 Å². The van der Waals surface area contributed by atoms with Gasteiger partial charge in [-0.25, -0.2) is 0 Å². The lowest BCUT2D eigenvalue weighted by molar-refractivity contribution is 0.589. The first-order valence-corrected chi connectivity index (χ1v) is 6.74. The lowest BCUT2D eigenvalue weighted by Gasteiger charge is -2.17. The van der Waals surface area contributed by atoms with Gasteiger partial charge in [-0.15, -0.1) is 0 Å². The molecular weight excluding hydrogens is 314 g/mol. The Labute approximate surface area is 120 Å². The van der Waals surface area contributed by atoms with Gasteiger partial charge in [-0.05, 0) is 52.7 Å². The molecule has 0 amide bonds. The monoisotopic (exact) mass is 325 g/mol. The van der Waals surface area contributed by atoms with E-state index in [9.17, 15) is 0 Å². The molecule has 0 spiro atoms. The SMILES string of the molecule is CNC(Cc1ccncc1Cl)c1cncc(Br)c1. The average Bonchev–Trinajstić information content (AvgIpc) is 2.38. The Morgan fingerprint density at radius 3 is 2.83 bits per heavy atom. The van der Waals surface area contributed by atoms with Crippen molar-refractivity contribution in [2.45, 2.75) is 12.5 Å². The molecule has 0 aliphatic heterocycles. The number of hydrogen-bond acceptors (Lipinski definition) is 3. The number of rotatable bonds is 4. The van der Waals surface area contributed by atoms with Crippen molar-refractivity contribution >= 4 is 27.5 Å². The zero-order valence-electron chi connectivity index (χ0n) is 9.90. The fourth-order valence-corrected chi connectivity index (χ4v) is 2.37. The van der Waals surface area contributed by atoms with Crippen LogP contribution in [0.4, 0.5) is 0 Å². The maximum absolute atomic E-state index is 6.13. The second-order valence-electron chi connectivity index (χ2n) is 3.95. The Balaban J connectivity index is 2.23. The molecule has 0 aromatic carbocycles. The van der Waals surface area contributed by atoms with E-state index in [2.05, 4.69) is 37.3 Å². The lowest BCUT2D eigenvalue weighted by atomic mass is 10.0. The standard InChI is InChI=1S/C13H13BrClN3/c1-16-13(10-4-11(14)7-18-6-10)5-9-2-3-17-8-12(9)15/h2-4,6-8,13,16H,5H2,1H3. The number of halogens is 2. The van der Waals surface area contributed by atoms with E-state index in [1.165, 1.54) is 0 Å². The molecule has 1 atom stereocenters. The van der Waals surface area contributed by atoms with Crippen LogP contribution in [0.15, 0.2) is 41.4 Å². The Morgan fingerprint density at radius 2 is 2.17 bits per heavy atom. The summed E-state index contributed by atoms with van der Waals surface area (Å²) < 4.78 is 0.973. The van der Waals surface area contributed by atoms with E-state index in [0.29, 0.717) is 5.02 Å². The summed E-state index contributed by atoms with van der Waals surface area (Å²) in [6, 6.07) is 4.18. The predicted octanol–water partition coefficient (Wildman–Crippen LogP) is 3.40. The molecule has 2 rings (SSSR count). The van der Waals surface area contributed by atoms with Crippen LogP contribution in [0, 0.1) is 0 Å². The zero-order chi connectivity index (χ0) is 13.0. The van der Waals surface area contributed by atoms with Crippen molar-refractivity contribution in [3.63, 3.8) is 0 Å². The third-order valence-corrected chi connectivity index (χ3v) is 3.53. The van der Waals surface area contributed by atoms with E-state index in [-0.39, 0.29) is 6.04 Å². The minimum Gasteiger partial charge on any atom is -0.313 e. The van der Waals surface area contributed by atoms with Crippen molar-refractivity contribution in [2.75, 3.05) is 7.05 Å². The van der Waals surface area contributed by atoms with Crippen LogP contribution in [0.25, 0.3) is 0 Å². The van der Waals surface area contributed by atoms with E-state index in [1.807, 2.05) is 19.3 Å². The first kappa shape index (κ1) is 13.5. The molecule has 1 unspecified atom stereocenters. The quantitative estimate of drug-likeness (QED) is 0.936. The third-order valence-electron chi connectivity index (χ3n) is 2.76. The zero-order valence-corrected chi connectivity index (χ0v) is 12.2. The Hall–Kier alpha value is -0.970. The molecule has 0 bridgehead atoms. The largest absolute Gasteiger partial charge is 0.313 e. The van der Waals surface area contributed by atoms with Crippen molar-refractivity contribution in [1.29, 1.82) is 0 Å². The number of aromatic nitrogens is 2. The van der Waals surface area contributed by atoms with Crippen LogP contribution in [0.3, 0.4) is 0 Å². The van der Waals surface area contributed by atoms with Crippen molar-refractivity contribution in [3.8, 4) is 0 Å². The van der Waals surface area contributed by atoms with Gasteiger partial charge in [0.2, 0.25) is 0 Å². The van der Waals surface area contributed by atoms with Gasteiger partial charge in [-0.1, -0.05) is 11.6 Å². The molecule has 0 aliphatic rings. The molecule has 0 fully saturated rings. The fraction of sp³-hybridized carbons (Fsp3) is 0.231. The maximum atomic E-state index is 6.13. The predicted molar refractivity (Wildman–Crippen MR) is 76.7 cm³/mol. The van der Waals surface area contributed by atoms with Crippen LogP contribution in [0.1, 0.15) is 17.2 Å². The first-order chi connectivity index (χ1) is 8.70. The van der Waals surface area contributed by atoms with Crippen LogP contribution < -0.4 is 5.32 Å². The van der Waals surface area contributed by atoms with Crippen molar-refractivity contribution in [1.82, 2.24) is 15.3 Å². The fourth-order valence-electron chi connectivity index (χ4n) is 1.79. The normalized spacial score (nSPS) is 12.4. The molecule has 1 N–H and O–H groups in total. The molecule has 0 saturated heterocycles. The summed E-state index contributed by atoms with van der Waals surface area (Å²) in [6.07, 6.45) is 7.86. The van der Waals surface area contributed by atoms with Crippen LogP contribution in [-0.4, -0.2) is 17.0 Å². The summed E-state index contributed by atoms with van der Waals surface area (Å²) >= 11 is 9.56. The van der Waals surface area contributed by atoms with Gasteiger partial charge >= 0.3 is 0 Å². The molecule has 2 aromatic rings. The number of nitrogens with zero attached hydrogens (tertiary/aromatic N) is 2. The third kappa shape index (κ3) is 3.28. The van der Waals surface area contributed by atoms with Crippen LogP contribution in [-0.2, 0) is 6.42 Å². The van der Waals surface area contributed by atoms with E-state index in [1.54, 1.807) is 18.6 Å². The highest BCUT2D eigenvalue weighted by atomic mass is 79.9. The molecule has 94 valence electrons. The lowest BCUT2D eigenvalue weighted by Crippen LogP contribution is -2.19. The molecule has 2 heterocycles. The number of hydrogen-bond donors (Lipinski definition) is 1. The summed E-state index contributed by atoms with van der Waals surface area (Å²) in [5.74, 6) is 0. The average molecular weight is 327 g/mol. The number of pyridine rings is 2. The Kier molecular flexibility index (Phi) is 4.69. The Morgan fingerprint density at radius 1 is 1.33 bits per heavy atom. The van der Waals surface area contributed by atoms with E-state index in [4.69, 9.17) is 11.6 Å². The maximum Gasteiger partial charge on any atom is 0.0622 e. The molecule has 18 heavy (non-hydrogen) atoms. The number of likely N-dealkylation sites (N-methyl/N-ethyl adjacent to an activating group) is 1. The second kappa shape index (κ2) is 6.27. The van der Waals surface area contributed by atoms with Gasteiger partial charge in [-0.2, -0.15) is 0 Å². The molecule has 2 aromatic heterocycles. The van der Waals surface area contributed by atoms with Crippen LogP contribution >= 0.6 is 27.5 Å². The van der Waals surface area contributed by atoms with E-state index < -0.39 is 0 Å². The minimum atomic E-state index is 0.176. The molecule has 0 aliphatic carbocycles. The summed E-state index contributed by atoms with van der Waals surface area (Å²) in [5.41, 5.74) is 2.20. The van der Waals surface area contributed by atoms with Gasteiger partial charge in [-0.3, -0.25) is 9.97 Å². The highest BCUT2D eigenvalue weighted by Gasteiger charge is 2.12.